The van der Waals surface area contributed by atoms with Gasteiger partial charge in [0.25, 0.3) is 5.91 Å². The average Bonchev–Trinajstić information content (AvgIpc) is 2.79. The van der Waals surface area contributed by atoms with Crippen LogP contribution in [-0.2, 0) is 20.0 Å². The first-order chi connectivity index (χ1) is 9.13. The molecule has 1 aromatic carbocycles. The van der Waals surface area contributed by atoms with E-state index in [0.29, 0.717) is 12.2 Å². The number of benzene rings is 1. The first-order valence-electron chi connectivity index (χ1n) is 6.30. The molecule has 98 valence electrons. The summed E-state index contributed by atoms with van der Waals surface area (Å²) >= 11 is 0. The zero-order valence-electron chi connectivity index (χ0n) is 10.8. The second kappa shape index (κ2) is 4.42. The molecule has 19 heavy (non-hydrogen) atoms. The topological polar surface area (TPSA) is 64.2 Å². The van der Waals surface area contributed by atoms with Gasteiger partial charge in [0.2, 0.25) is 0 Å². The number of nitrogens with two attached hydrogens (primary N) is 1. The molecule has 1 aliphatic heterocycles. The second-order valence-corrected chi connectivity index (χ2v) is 4.87. The monoisotopic (exact) mass is 256 g/mol. The average molecular weight is 256 g/mol. The molecule has 5 nitrogen and oxygen atoms in total. The van der Waals surface area contributed by atoms with Crippen molar-refractivity contribution in [2.24, 2.45) is 7.05 Å². The molecule has 0 saturated carbocycles. The van der Waals surface area contributed by atoms with Crippen LogP contribution in [0.5, 0.6) is 0 Å². The van der Waals surface area contributed by atoms with E-state index >= 15 is 0 Å². The molecule has 2 aromatic rings. The number of hydrogen-bond acceptors (Lipinski definition) is 3. The molecule has 1 aromatic heterocycles. The largest absolute Gasteiger partial charge is 0.399 e. The minimum atomic E-state index is 0.0409. The quantitative estimate of drug-likeness (QED) is 0.821. The number of fused-ring (bicyclic) bond motifs is 1. The van der Waals surface area contributed by atoms with Crippen LogP contribution in [0.2, 0.25) is 0 Å². The van der Waals surface area contributed by atoms with Crippen LogP contribution in [0.3, 0.4) is 0 Å². The van der Waals surface area contributed by atoms with Crippen LogP contribution in [0, 0.1) is 0 Å². The van der Waals surface area contributed by atoms with Crippen LogP contribution in [0.1, 0.15) is 21.6 Å². The Morgan fingerprint density at radius 3 is 2.95 bits per heavy atom. The molecule has 5 heteroatoms. The number of carbonyl (C=O) groups is 1. The van der Waals surface area contributed by atoms with Crippen LogP contribution in [0.4, 0.5) is 5.69 Å². The van der Waals surface area contributed by atoms with Gasteiger partial charge in [-0.05, 0) is 30.2 Å². The molecule has 2 N–H and O–H groups in total. The number of rotatable bonds is 2. The summed E-state index contributed by atoms with van der Waals surface area (Å²) in [5, 5.41) is 4.31. The van der Waals surface area contributed by atoms with E-state index in [9.17, 15) is 4.79 Å². The van der Waals surface area contributed by atoms with Crippen LogP contribution < -0.4 is 5.73 Å². The maximum atomic E-state index is 12.4. The molecule has 1 aliphatic rings. The lowest BCUT2D eigenvalue weighted by molar-refractivity contribution is 0.0724. The standard InChI is InChI=1S/C14H16N4O/c1-17-6-5-12(16-17)9-18-7-4-10-2-3-11(15)8-13(10)14(18)19/h2-3,5-6,8H,4,7,9,15H2,1H3. The fourth-order valence-corrected chi connectivity index (χ4v) is 2.43. The van der Waals surface area contributed by atoms with E-state index in [1.807, 2.05) is 36.3 Å². The van der Waals surface area contributed by atoms with Gasteiger partial charge in [-0.25, -0.2) is 0 Å². The zero-order chi connectivity index (χ0) is 13.4. The van der Waals surface area contributed by atoms with E-state index in [4.69, 9.17) is 5.73 Å². The summed E-state index contributed by atoms with van der Waals surface area (Å²) in [5.41, 5.74) is 9.10. The van der Waals surface area contributed by atoms with Gasteiger partial charge in [-0.15, -0.1) is 0 Å². The highest BCUT2D eigenvalue weighted by molar-refractivity contribution is 5.97. The first-order valence-corrected chi connectivity index (χ1v) is 6.30. The lowest BCUT2D eigenvalue weighted by Crippen LogP contribution is -2.37. The van der Waals surface area contributed by atoms with Gasteiger partial charge in [0.1, 0.15) is 0 Å². The summed E-state index contributed by atoms with van der Waals surface area (Å²) in [4.78, 5) is 14.2. The van der Waals surface area contributed by atoms with Crippen LogP contribution in [0.15, 0.2) is 30.5 Å². The van der Waals surface area contributed by atoms with Gasteiger partial charge in [0, 0.05) is 31.0 Å². The van der Waals surface area contributed by atoms with Crippen LogP contribution in [-0.4, -0.2) is 27.1 Å². The Morgan fingerprint density at radius 2 is 2.21 bits per heavy atom. The summed E-state index contributed by atoms with van der Waals surface area (Å²) in [7, 11) is 1.87. The molecule has 0 spiro atoms. The molecule has 0 fully saturated rings. The highest BCUT2D eigenvalue weighted by Crippen LogP contribution is 2.22. The van der Waals surface area contributed by atoms with Gasteiger partial charge in [-0.1, -0.05) is 6.07 Å². The lowest BCUT2D eigenvalue weighted by atomic mass is 9.98. The van der Waals surface area contributed by atoms with Gasteiger partial charge < -0.3 is 10.6 Å². The Morgan fingerprint density at radius 1 is 1.37 bits per heavy atom. The first kappa shape index (κ1) is 11.8. The molecule has 0 radical (unpaired) electrons. The number of carbonyl (C=O) groups excluding carboxylic acids is 1. The Kier molecular flexibility index (Phi) is 2.74. The number of hydrogen-bond donors (Lipinski definition) is 1. The van der Waals surface area contributed by atoms with Crippen molar-refractivity contribution in [3.05, 3.63) is 47.3 Å². The van der Waals surface area contributed by atoms with E-state index < -0.39 is 0 Å². The fourth-order valence-electron chi connectivity index (χ4n) is 2.43. The van der Waals surface area contributed by atoms with Crippen molar-refractivity contribution in [3.63, 3.8) is 0 Å². The van der Waals surface area contributed by atoms with Gasteiger partial charge >= 0.3 is 0 Å². The molecular formula is C14H16N4O. The third kappa shape index (κ3) is 2.19. The maximum absolute atomic E-state index is 12.4. The summed E-state index contributed by atoms with van der Waals surface area (Å²) in [6.45, 7) is 1.28. The predicted octanol–water partition coefficient (Wildman–Crippen LogP) is 1.20. The molecule has 2 heterocycles. The molecule has 1 amide bonds. The number of nitrogen functional groups attached to an aromatic ring is 1. The third-order valence-electron chi connectivity index (χ3n) is 3.42. The molecular weight excluding hydrogens is 240 g/mol. The van der Waals surface area contributed by atoms with Gasteiger partial charge in [0.15, 0.2) is 0 Å². The third-order valence-corrected chi connectivity index (χ3v) is 3.42. The number of amides is 1. The molecule has 0 atom stereocenters. The summed E-state index contributed by atoms with van der Waals surface area (Å²) in [6.07, 6.45) is 2.75. The van der Waals surface area contributed by atoms with Gasteiger partial charge in [0.05, 0.1) is 12.2 Å². The normalized spacial score (nSPS) is 14.6. The minimum Gasteiger partial charge on any atom is -0.399 e. The van der Waals surface area contributed by atoms with E-state index in [1.165, 1.54) is 0 Å². The number of anilines is 1. The van der Waals surface area contributed by atoms with Crippen molar-refractivity contribution in [1.82, 2.24) is 14.7 Å². The van der Waals surface area contributed by atoms with Gasteiger partial charge in [-0.2, -0.15) is 5.10 Å². The van der Waals surface area contributed by atoms with Crippen molar-refractivity contribution in [3.8, 4) is 0 Å². The Balaban J connectivity index is 1.85. The van der Waals surface area contributed by atoms with Crippen LogP contribution >= 0.6 is 0 Å². The van der Waals surface area contributed by atoms with E-state index in [1.54, 1.807) is 10.7 Å². The zero-order valence-corrected chi connectivity index (χ0v) is 10.8. The highest BCUT2D eigenvalue weighted by Gasteiger charge is 2.24. The summed E-state index contributed by atoms with van der Waals surface area (Å²) in [5.74, 6) is 0.0409. The summed E-state index contributed by atoms with van der Waals surface area (Å²) in [6, 6.07) is 7.49. The molecule has 0 saturated heterocycles. The highest BCUT2D eigenvalue weighted by atomic mass is 16.2. The predicted molar refractivity (Wildman–Crippen MR) is 72.5 cm³/mol. The Hall–Kier alpha value is -2.30. The van der Waals surface area contributed by atoms with E-state index in [-0.39, 0.29) is 5.91 Å². The Bertz CT molecular complexity index is 632. The fraction of sp³-hybridized carbons (Fsp3) is 0.286. The summed E-state index contributed by atoms with van der Waals surface area (Å²) < 4.78 is 1.75. The van der Waals surface area contributed by atoms with Crippen molar-refractivity contribution >= 4 is 11.6 Å². The van der Waals surface area contributed by atoms with E-state index in [0.717, 1.165) is 29.8 Å². The molecule has 0 aliphatic carbocycles. The Labute approximate surface area is 111 Å². The molecule has 0 unspecified atom stereocenters. The molecule has 3 rings (SSSR count). The molecule has 0 bridgehead atoms. The van der Waals surface area contributed by atoms with Gasteiger partial charge in [-0.3, -0.25) is 9.48 Å². The van der Waals surface area contributed by atoms with Crippen molar-refractivity contribution in [2.45, 2.75) is 13.0 Å². The second-order valence-electron chi connectivity index (χ2n) is 4.87. The number of aromatic nitrogens is 2. The lowest BCUT2D eigenvalue weighted by Gasteiger charge is -2.28. The SMILES string of the molecule is Cn1ccc(CN2CCc3ccc(N)cc3C2=O)n1. The number of nitrogens with zero attached hydrogens (tertiary/aromatic N) is 3. The van der Waals surface area contributed by atoms with Crippen molar-refractivity contribution < 1.29 is 4.79 Å². The number of aryl methyl sites for hydroxylation is 1. The van der Waals surface area contributed by atoms with Crippen molar-refractivity contribution in [1.29, 1.82) is 0 Å². The maximum Gasteiger partial charge on any atom is 0.254 e. The van der Waals surface area contributed by atoms with Crippen molar-refractivity contribution in [2.75, 3.05) is 12.3 Å². The van der Waals surface area contributed by atoms with Crippen LogP contribution in [0.25, 0.3) is 0 Å². The minimum absolute atomic E-state index is 0.0409. The van der Waals surface area contributed by atoms with E-state index in [2.05, 4.69) is 5.10 Å². The smallest absolute Gasteiger partial charge is 0.254 e.